The number of rotatable bonds is 2. The molecule has 0 aromatic heterocycles. The number of nitrogens with zero attached hydrogens (tertiary/aromatic N) is 1. The highest BCUT2D eigenvalue weighted by Crippen LogP contribution is 2.54. The van der Waals surface area contributed by atoms with E-state index in [4.69, 9.17) is 5.21 Å². The summed E-state index contributed by atoms with van der Waals surface area (Å²) in [5.41, 5.74) is 2.27. The molecule has 2 aliphatic carbocycles. The van der Waals surface area contributed by atoms with E-state index < -0.39 is 0 Å². The number of fused-ring (bicyclic) bond motifs is 1. The molecule has 2 rings (SSSR count). The van der Waals surface area contributed by atoms with Crippen molar-refractivity contribution in [1.29, 1.82) is 0 Å². The summed E-state index contributed by atoms with van der Waals surface area (Å²) < 4.78 is 0. The molecule has 0 amide bonds. The minimum Gasteiger partial charge on any atom is -0.410 e. The van der Waals surface area contributed by atoms with E-state index in [2.05, 4.69) is 51.9 Å². The van der Waals surface area contributed by atoms with E-state index in [-0.39, 0.29) is 5.41 Å². The van der Waals surface area contributed by atoms with Crippen LogP contribution in [0.1, 0.15) is 47.5 Å². The van der Waals surface area contributed by atoms with Gasteiger partial charge in [-0.05, 0) is 48.7 Å². The first-order valence-electron chi connectivity index (χ1n) is 7.52. The highest BCUT2D eigenvalue weighted by molar-refractivity contribution is 6.05. The van der Waals surface area contributed by atoms with Crippen LogP contribution in [0.3, 0.4) is 0 Å². The third-order valence-electron chi connectivity index (χ3n) is 5.21. The fourth-order valence-electron chi connectivity index (χ4n) is 4.36. The molecule has 0 aliphatic heterocycles. The van der Waals surface area contributed by atoms with Crippen LogP contribution in [0.4, 0.5) is 0 Å². The van der Waals surface area contributed by atoms with Crippen LogP contribution in [-0.2, 0) is 0 Å². The van der Waals surface area contributed by atoms with Crippen molar-refractivity contribution in [2.45, 2.75) is 47.5 Å². The van der Waals surface area contributed by atoms with Crippen molar-refractivity contribution in [2.75, 3.05) is 0 Å². The lowest BCUT2D eigenvalue weighted by molar-refractivity contribution is 0.0731. The predicted molar refractivity (Wildman–Crippen MR) is 80.4 cm³/mol. The zero-order valence-corrected chi connectivity index (χ0v) is 12.9. The maximum Gasteiger partial charge on any atom is 0.102 e. The van der Waals surface area contributed by atoms with Gasteiger partial charge in [0.2, 0.25) is 0 Å². The Balaban J connectivity index is 2.43. The van der Waals surface area contributed by atoms with Gasteiger partial charge in [-0.2, -0.15) is 0 Å². The van der Waals surface area contributed by atoms with Crippen molar-refractivity contribution in [3.05, 3.63) is 23.8 Å². The molecule has 2 heteroatoms. The van der Waals surface area contributed by atoms with Crippen molar-refractivity contribution in [3.8, 4) is 0 Å². The van der Waals surface area contributed by atoms with Crippen LogP contribution >= 0.6 is 0 Å². The van der Waals surface area contributed by atoms with Gasteiger partial charge in [-0.3, -0.25) is 0 Å². The van der Waals surface area contributed by atoms with Gasteiger partial charge >= 0.3 is 0 Å². The van der Waals surface area contributed by atoms with E-state index in [9.17, 15) is 0 Å². The van der Waals surface area contributed by atoms with Crippen molar-refractivity contribution >= 4 is 5.71 Å². The Kier molecular flexibility index (Phi) is 3.89. The van der Waals surface area contributed by atoms with Crippen LogP contribution in [0.5, 0.6) is 0 Å². The summed E-state index contributed by atoms with van der Waals surface area (Å²) in [6, 6.07) is 0. The monoisotopic (exact) mass is 261 g/mol. The first-order chi connectivity index (χ1) is 8.90. The molecule has 0 saturated heterocycles. The fourth-order valence-corrected chi connectivity index (χ4v) is 4.36. The number of oxime groups is 1. The summed E-state index contributed by atoms with van der Waals surface area (Å²) in [5, 5.41) is 12.3. The molecule has 106 valence electrons. The lowest BCUT2D eigenvalue weighted by Gasteiger charge is -2.51. The summed E-state index contributed by atoms with van der Waals surface area (Å²) >= 11 is 0. The van der Waals surface area contributed by atoms with Crippen LogP contribution in [0, 0.1) is 29.1 Å². The van der Waals surface area contributed by atoms with Crippen LogP contribution < -0.4 is 0 Å². The van der Waals surface area contributed by atoms with Gasteiger partial charge < -0.3 is 5.21 Å². The second-order valence-electron chi connectivity index (χ2n) is 7.03. The lowest BCUT2D eigenvalue weighted by atomic mass is 9.53. The minimum absolute atomic E-state index is 0.134. The Morgan fingerprint density at radius 3 is 2.47 bits per heavy atom. The molecule has 0 spiro atoms. The van der Waals surface area contributed by atoms with Crippen molar-refractivity contribution < 1.29 is 5.21 Å². The molecular weight excluding hydrogens is 234 g/mol. The fraction of sp³-hybridized carbons (Fsp3) is 0.706. The van der Waals surface area contributed by atoms with Gasteiger partial charge in [0.05, 0.1) is 0 Å². The van der Waals surface area contributed by atoms with E-state index in [1.54, 1.807) is 0 Å². The molecule has 2 aliphatic rings. The molecule has 1 N–H and O–H groups in total. The second kappa shape index (κ2) is 5.15. The predicted octanol–water partition coefficient (Wildman–Crippen LogP) is 4.66. The van der Waals surface area contributed by atoms with Gasteiger partial charge in [-0.15, -0.1) is 0 Å². The standard InChI is InChI=1S/C17H27NO/c1-11(2)15-7-6-13-10-14(18-19)8-9-17(13,5)16(15)12(3)4/h8-12,15-16,19H,6-7H2,1-5H3/b18-14-/t15?,16?,17-/m0/s1. The maximum atomic E-state index is 8.97. The summed E-state index contributed by atoms with van der Waals surface area (Å²) in [5.74, 6) is 2.84. The van der Waals surface area contributed by atoms with Crippen LogP contribution in [0.25, 0.3) is 0 Å². The molecule has 3 atom stereocenters. The van der Waals surface area contributed by atoms with E-state index >= 15 is 0 Å². The molecule has 0 aromatic rings. The zero-order chi connectivity index (χ0) is 14.2. The van der Waals surface area contributed by atoms with Gasteiger partial charge in [0.25, 0.3) is 0 Å². The average molecular weight is 261 g/mol. The molecule has 1 saturated carbocycles. The number of allylic oxidation sites excluding steroid dienone is 4. The summed E-state index contributed by atoms with van der Waals surface area (Å²) in [7, 11) is 0. The Bertz CT molecular complexity index is 431. The topological polar surface area (TPSA) is 32.6 Å². The minimum atomic E-state index is 0.134. The van der Waals surface area contributed by atoms with Crippen molar-refractivity contribution in [1.82, 2.24) is 0 Å². The molecule has 19 heavy (non-hydrogen) atoms. The third-order valence-corrected chi connectivity index (χ3v) is 5.21. The van der Waals surface area contributed by atoms with Gasteiger partial charge in [-0.1, -0.05) is 51.4 Å². The third kappa shape index (κ3) is 2.37. The Labute approximate surface area is 117 Å². The molecule has 0 radical (unpaired) electrons. The van der Waals surface area contributed by atoms with E-state index in [1.807, 2.05) is 6.08 Å². The highest BCUT2D eigenvalue weighted by atomic mass is 16.4. The van der Waals surface area contributed by atoms with E-state index in [1.165, 1.54) is 12.0 Å². The Hall–Kier alpha value is -1.05. The first-order valence-corrected chi connectivity index (χ1v) is 7.52. The number of hydrogen-bond donors (Lipinski definition) is 1. The SMILES string of the molecule is CC(C)C1CCC2=C/C(=N\O)C=C[C@]2(C)C1C(C)C. The van der Waals surface area contributed by atoms with Crippen LogP contribution in [0.2, 0.25) is 0 Å². The van der Waals surface area contributed by atoms with Crippen molar-refractivity contribution in [3.63, 3.8) is 0 Å². The maximum absolute atomic E-state index is 8.97. The summed E-state index contributed by atoms with van der Waals surface area (Å²) in [6.45, 7) is 11.8. The largest absolute Gasteiger partial charge is 0.410 e. The normalized spacial score (nSPS) is 36.8. The second-order valence-corrected chi connectivity index (χ2v) is 7.03. The highest BCUT2D eigenvalue weighted by Gasteiger charge is 2.46. The molecular formula is C17H27NO. The molecule has 0 bridgehead atoms. The van der Waals surface area contributed by atoms with E-state index in [0.29, 0.717) is 17.5 Å². The van der Waals surface area contributed by atoms with Crippen LogP contribution in [-0.4, -0.2) is 10.9 Å². The Morgan fingerprint density at radius 2 is 1.95 bits per heavy atom. The van der Waals surface area contributed by atoms with Gasteiger partial charge in [0.1, 0.15) is 5.71 Å². The number of hydrogen-bond acceptors (Lipinski definition) is 2. The lowest BCUT2D eigenvalue weighted by Crippen LogP contribution is -2.43. The van der Waals surface area contributed by atoms with Gasteiger partial charge in [-0.25, -0.2) is 0 Å². The first kappa shape index (κ1) is 14.4. The Morgan fingerprint density at radius 1 is 1.26 bits per heavy atom. The van der Waals surface area contributed by atoms with Crippen molar-refractivity contribution in [2.24, 2.45) is 34.2 Å². The quantitative estimate of drug-likeness (QED) is 0.569. The zero-order valence-electron chi connectivity index (χ0n) is 12.9. The molecule has 0 aromatic carbocycles. The molecule has 2 unspecified atom stereocenters. The molecule has 1 fully saturated rings. The average Bonchev–Trinajstić information content (AvgIpc) is 2.35. The van der Waals surface area contributed by atoms with E-state index in [0.717, 1.165) is 18.3 Å². The van der Waals surface area contributed by atoms with Crippen LogP contribution in [0.15, 0.2) is 29.0 Å². The summed E-state index contributed by atoms with van der Waals surface area (Å²) in [6.07, 6.45) is 8.73. The molecule has 2 nitrogen and oxygen atoms in total. The van der Waals surface area contributed by atoms with Gasteiger partial charge in [0.15, 0.2) is 0 Å². The smallest absolute Gasteiger partial charge is 0.102 e. The summed E-state index contributed by atoms with van der Waals surface area (Å²) in [4.78, 5) is 0. The van der Waals surface area contributed by atoms with Gasteiger partial charge in [0, 0.05) is 5.41 Å². The molecule has 0 heterocycles.